The fourth-order valence-corrected chi connectivity index (χ4v) is 2.97. The molecule has 1 fully saturated rings. The number of piperidine rings is 1. The van der Waals surface area contributed by atoms with Crippen molar-refractivity contribution < 1.29 is 4.39 Å². The fraction of sp³-hybridized carbons (Fsp3) is 0.462. The van der Waals surface area contributed by atoms with E-state index < -0.39 is 0 Å². The van der Waals surface area contributed by atoms with E-state index in [-0.39, 0.29) is 16.1 Å². The highest BCUT2D eigenvalue weighted by atomic mass is 79.9. The molecule has 1 aromatic rings. The minimum atomic E-state index is -0.323. The Morgan fingerprint density at radius 2 is 2.22 bits per heavy atom. The second-order valence-corrected chi connectivity index (χ2v) is 5.51. The number of halogens is 2. The van der Waals surface area contributed by atoms with Gasteiger partial charge in [-0.2, -0.15) is 0 Å². The first-order chi connectivity index (χ1) is 8.52. The Morgan fingerprint density at radius 1 is 1.50 bits per heavy atom. The van der Waals surface area contributed by atoms with Crippen LogP contribution in [0.2, 0.25) is 0 Å². The number of rotatable bonds is 2. The van der Waals surface area contributed by atoms with Crippen molar-refractivity contribution in [1.82, 2.24) is 0 Å². The lowest BCUT2D eigenvalue weighted by Crippen LogP contribution is -2.38. The molecule has 1 aliphatic heterocycles. The molecule has 0 radical (unpaired) electrons. The molecule has 1 heterocycles. The molecular formula is C13H17BrFN3. The van der Waals surface area contributed by atoms with Crippen LogP contribution in [0.5, 0.6) is 0 Å². The Balaban J connectivity index is 2.40. The molecule has 18 heavy (non-hydrogen) atoms. The smallest absolute Gasteiger partial charge is 0.161 e. The second-order valence-electron chi connectivity index (χ2n) is 4.71. The van der Waals surface area contributed by atoms with Crippen LogP contribution in [0.1, 0.15) is 31.7 Å². The highest BCUT2D eigenvalue weighted by Crippen LogP contribution is 2.32. The molecule has 0 aliphatic carbocycles. The van der Waals surface area contributed by atoms with Gasteiger partial charge >= 0.3 is 0 Å². The van der Waals surface area contributed by atoms with Crippen molar-refractivity contribution in [1.29, 1.82) is 5.41 Å². The molecule has 1 saturated heterocycles. The van der Waals surface area contributed by atoms with Gasteiger partial charge in [0.15, 0.2) is 5.82 Å². The van der Waals surface area contributed by atoms with Crippen LogP contribution < -0.4 is 10.6 Å². The van der Waals surface area contributed by atoms with Crippen molar-refractivity contribution in [2.45, 2.75) is 32.2 Å². The summed E-state index contributed by atoms with van der Waals surface area (Å²) in [5.74, 6) is -0.449. The van der Waals surface area contributed by atoms with Crippen molar-refractivity contribution in [3.8, 4) is 0 Å². The van der Waals surface area contributed by atoms with E-state index in [1.165, 1.54) is 6.42 Å². The third kappa shape index (κ3) is 2.36. The van der Waals surface area contributed by atoms with Gasteiger partial charge in [-0.05, 0) is 54.2 Å². The number of anilines is 1. The Hall–Kier alpha value is -1.10. The van der Waals surface area contributed by atoms with Gasteiger partial charge in [0, 0.05) is 18.2 Å². The van der Waals surface area contributed by atoms with Crippen LogP contribution in [-0.2, 0) is 0 Å². The fourth-order valence-electron chi connectivity index (χ4n) is 2.43. The van der Waals surface area contributed by atoms with Crippen molar-refractivity contribution in [2.75, 3.05) is 11.4 Å². The summed E-state index contributed by atoms with van der Waals surface area (Å²) < 4.78 is 14.6. The molecule has 98 valence electrons. The van der Waals surface area contributed by atoms with E-state index in [1.54, 1.807) is 12.1 Å². The highest BCUT2D eigenvalue weighted by Gasteiger charge is 2.23. The van der Waals surface area contributed by atoms with E-state index in [0.717, 1.165) is 19.4 Å². The molecule has 1 unspecified atom stereocenters. The summed E-state index contributed by atoms with van der Waals surface area (Å²) in [6, 6.07) is 3.77. The second kappa shape index (κ2) is 5.26. The molecule has 0 saturated carbocycles. The summed E-state index contributed by atoms with van der Waals surface area (Å²) >= 11 is 3.20. The Kier molecular flexibility index (Phi) is 3.90. The number of nitrogens with two attached hydrogens (primary N) is 1. The SMILES string of the molecule is CC1CCCCN1c1ccc(C(=N)N)c(Br)c1F. The van der Waals surface area contributed by atoms with Crippen molar-refractivity contribution in [3.05, 3.63) is 28.0 Å². The maximum atomic E-state index is 14.3. The average molecular weight is 314 g/mol. The van der Waals surface area contributed by atoms with Crippen LogP contribution >= 0.6 is 15.9 Å². The zero-order chi connectivity index (χ0) is 13.3. The van der Waals surface area contributed by atoms with Crippen molar-refractivity contribution >= 4 is 27.5 Å². The monoisotopic (exact) mass is 313 g/mol. The van der Waals surface area contributed by atoms with Gasteiger partial charge in [0.2, 0.25) is 0 Å². The van der Waals surface area contributed by atoms with Crippen LogP contribution in [0.15, 0.2) is 16.6 Å². The van der Waals surface area contributed by atoms with Gasteiger partial charge in [-0.25, -0.2) is 4.39 Å². The first-order valence-corrected chi connectivity index (χ1v) is 6.90. The van der Waals surface area contributed by atoms with Gasteiger partial charge in [0.1, 0.15) is 5.84 Å². The van der Waals surface area contributed by atoms with E-state index in [4.69, 9.17) is 11.1 Å². The molecule has 3 nitrogen and oxygen atoms in total. The zero-order valence-electron chi connectivity index (χ0n) is 10.3. The minimum absolute atomic E-state index is 0.126. The summed E-state index contributed by atoms with van der Waals surface area (Å²) in [5.41, 5.74) is 6.41. The third-order valence-electron chi connectivity index (χ3n) is 3.46. The quantitative estimate of drug-likeness (QED) is 0.650. The van der Waals surface area contributed by atoms with Gasteiger partial charge in [0.25, 0.3) is 0 Å². The third-order valence-corrected chi connectivity index (χ3v) is 4.24. The van der Waals surface area contributed by atoms with Gasteiger partial charge in [-0.3, -0.25) is 5.41 Å². The van der Waals surface area contributed by atoms with Crippen LogP contribution in [0.4, 0.5) is 10.1 Å². The predicted molar refractivity (Wildman–Crippen MR) is 75.8 cm³/mol. The molecule has 0 aromatic heterocycles. The maximum absolute atomic E-state index is 14.3. The van der Waals surface area contributed by atoms with Crippen molar-refractivity contribution in [2.24, 2.45) is 5.73 Å². The number of hydrogen-bond donors (Lipinski definition) is 2. The number of nitrogens with one attached hydrogen (secondary N) is 1. The minimum Gasteiger partial charge on any atom is -0.384 e. The van der Waals surface area contributed by atoms with Crippen LogP contribution in [0.25, 0.3) is 0 Å². The maximum Gasteiger partial charge on any atom is 0.161 e. The molecule has 5 heteroatoms. The summed E-state index contributed by atoms with van der Waals surface area (Å²) in [5, 5.41) is 7.39. The molecular weight excluding hydrogens is 297 g/mol. The van der Waals surface area contributed by atoms with Crippen LogP contribution in [0, 0.1) is 11.2 Å². The number of hydrogen-bond acceptors (Lipinski definition) is 2. The largest absolute Gasteiger partial charge is 0.384 e. The Morgan fingerprint density at radius 3 is 2.83 bits per heavy atom. The molecule has 0 spiro atoms. The first kappa shape index (κ1) is 13.3. The molecule has 0 amide bonds. The summed E-state index contributed by atoms with van der Waals surface area (Å²) in [6.45, 7) is 3.00. The lowest BCUT2D eigenvalue weighted by Gasteiger charge is -2.35. The standard InChI is InChI=1S/C13H17BrFN3/c1-8-4-2-3-7-18(8)10-6-5-9(13(16)17)11(14)12(10)15/h5-6,8H,2-4,7H2,1H3,(H3,16,17). The highest BCUT2D eigenvalue weighted by molar-refractivity contribution is 9.10. The summed E-state index contributed by atoms with van der Waals surface area (Å²) in [7, 11) is 0. The number of benzene rings is 1. The lowest BCUT2D eigenvalue weighted by atomic mass is 10.0. The topological polar surface area (TPSA) is 53.1 Å². The number of nitrogen functional groups attached to an aromatic ring is 1. The molecule has 1 aromatic carbocycles. The summed E-state index contributed by atoms with van der Waals surface area (Å²) in [4.78, 5) is 2.09. The van der Waals surface area contributed by atoms with E-state index in [2.05, 4.69) is 27.8 Å². The van der Waals surface area contributed by atoms with Gasteiger partial charge in [-0.1, -0.05) is 0 Å². The Labute approximate surface area is 115 Å². The van der Waals surface area contributed by atoms with Gasteiger partial charge in [0.05, 0.1) is 10.2 Å². The molecule has 1 aliphatic rings. The number of amidine groups is 1. The molecule has 1 atom stereocenters. The van der Waals surface area contributed by atoms with E-state index in [9.17, 15) is 4.39 Å². The Bertz CT molecular complexity index is 476. The van der Waals surface area contributed by atoms with Crippen LogP contribution in [-0.4, -0.2) is 18.4 Å². The van der Waals surface area contributed by atoms with Gasteiger partial charge < -0.3 is 10.6 Å². The van der Waals surface area contributed by atoms with E-state index in [0.29, 0.717) is 17.3 Å². The lowest BCUT2D eigenvalue weighted by molar-refractivity contribution is 0.475. The normalized spacial score (nSPS) is 19.9. The molecule has 2 rings (SSSR count). The predicted octanol–water partition coefficient (Wildman–Crippen LogP) is 3.25. The molecule has 0 bridgehead atoms. The van der Waals surface area contributed by atoms with Crippen LogP contribution in [0.3, 0.4) is 0 Å². The van der Waals surface area contributed by atoms with Crippen molar-refractivity contribution in [3.63, 3.8) is 0 Å². The average Bonchev–Trinajstić information content (AvgIpc) is 2.33. The molecule has 3 N–H and O–H groups in total. The van der Waals surface area contributed by atoms with Gasteiger partial charge in [-0.15, -0.1) is 0 Å². The summed E-state index contributed by atoms with van der Waals surface area (Å²) in [6.07, 6.45) is 3.38. The first-order valence-electron chi connectivity index (χ1n) is 6.11. The van der Waals surface area contributed by atoms with E-state index in [1.807, 2.05) is 0 Å². The number of nitrogens with zero attached hydrogens (tertiary/aromatic N) is 1. The van der Waals surface area contributed by atoms with E-state index >= 15 is 0 Å². The zero-order valence-corrected chi connectivity index (χ0v) is 11.9.